The van der Waals surface area contributed by atoms with Crippen molar-refractivity contribution in [3.05, 3.63) is 35.4 Å². The van der Waals surface area contributed by atoms with Crippen molar-refractivity contribution in [2.75, 3.05) is 7.11 Å². The molecule has 1 aliphatic carbocycles. The first-order valence-corrected chi connectivity index (χ1v) is 5.39. The zero-order valence-electron chi connectivity index (χ0n) is 9.17. The van der Waals surface area contributed by atoms with E-state index in [1.165, 1.54) is 6.07 Å². The molecule has 1 aromatic carbocycles. The number of methoxy groups -OCH3 is 1. The molecule has 0 atom stereocenters. The molecule has 1 N–H and O–H groups in total. The summed E-state index contributed by atoms with van der Waals surface area (Å²) in [4.78, 5) is 0. The molecule has 88 valence electrons. The molecule has 0 saturated heterocycles. The predicted octanol–water partition coefficient (Wildman–Crippen LogP) is 2.23. The lowest BCUT2D eigenvalue weighted by Crippen LogP contribution is -2.44. The van der Waals surface area contributed by atoms with Crippen LogP contribution in [0.2, 0.25) is 0 Å². The second kappa shape index (κ2) is 4.89. The maximum Gasteiger partial charge on any atom is 0.159 e. The number of nitrogens with one attached hydrogen (secondary N) is 1. The summed E-state index contributed by atoms with van der Waals surface area (Å²) < 4.78 is 30.7. The van der Waals surface area contributed by atoms with Crippen LogP contribution < -0.4 is 5.32 Å². The van der Waals surface area contributed by atoms with Crippen LogP contribution in [0.25, 0.3) is 0 Å². The monoisotopic (exact) mass is 227 g/mol. The molecule has 1 fully saturated rings. The number of hydrogen-bond donors (Lipinski definition) is 1. The molecule has 16 heavy (non-hydrogen) atoms. The van der Waals surface area contributed by atoms with Gasteiger partial charge in [0.2, 0.25) is 0 Å². The maximum absolute atomic E-state index is 12.9. The van der Waals surface area contributed by atoms with Crippen molar-refractivity contribution < 1.29 is 13.5 Å². The zero-order valence-corrected chi connectivity index (χ0v) is 9.17. The van der Waals surface area contributed by atoms with Crippen LogP contribution >= 0.6 is 0 Å². The number of benzene rings is 1. The zero-order chi connectivity index (χ0) is 11.5. The molecule has 0 unspecified atom stereocenters. The van der Waals surface area contributed by atoms with Crippen molar-refractivity contribution in [3.63, 3.8) is 0 Å². The standard InChI is InChI=1S/C12H15F2NO/c1-16-10-5-9(6-10)15-7-8-2-3-11(13)12(14)4-8/h2-4,9-10,15H,5-7H2,1H3. The first kappa shape index (κ1) is 11.5. The Labute approximate surface area is 93.6 Å². The summed E-state index contributed by atoms with van der Waals surface area (Å²) >= 11 is 0. The molecule has 1 saturated carbocycles. The third-order valence-electron chi connectivity index (χ3n) is 3.01. The molecular formula is C12H15F2NO. The summed E-state index contributed by atoms with van der Waals surface area (Å²) in [5.74, 6) is -1.59. The van der Waals surface area contributed by atoms with Gasteiger partial charge in [-0.25, -0.2) is 8.78 Å². The van der Waals surface area contributed by atoms with Gasteiger partial charge in [-0.2, -0.15) is 0 Å². The Morgan fingerprint density at radius 1 is 1.31 bits per heavy atom. The normalized spacial score (nSPS) is 24.2. The molecule has 0 aliphatic heterocycles. The fourth-order valence-corrected chi connectivity index (χ4v) is 1.84. The van der Waals surface area contributed by atoms with Crippen molar-refractivity contribution in [3.8, 4) is 0 Å². The third-order valence-corrected chi connectivity index (χ3v) is 3.01. The molecule has 0 radical (unpaired) electrons. The molecule has 2 nitrogen and oxygen atoms in total. The molecule has 2 rings (SSSR count). The average Bonchev–Trinajstić information content (AvgIpc) is 2.21. The SMILES string of the molecule is COC1CC(NCc2ccc(F)c(F)c2)C1. The number of halogens is 2. The van der Waals surface area contributed by atoms with Gasteiger partial charge in [0.05, 0.1) is 6.10 Å². The fourth-order valence-electron chi connectivity index (χ4n) is 1.84. The van der Waals surface area contributed by atoms with Crippen LogP contribution in [-0.4, -0.2) is 19.3 Å². The summed E-state index contributed by atoms with van der Waals surface area (Å²) in [6, 6.07) is 4.41. The molecule has 1 aliphatic rings. The second-order valence-electron chi connectivity index (χ2n) is 4.16. The minimum Gasteiger partial charge on any atom is -0.381 e. The lowest BCUT2D eigenvalue weighted by atomic mass is 9.89. The van der Waals surface area contributed by atoms with Crippen LogP contribution in [0.5, 0.6) is 0 Å². The van der Waals surface area contributed by atoms with E-state index in [9.17, 15) is 8.78 Å². The number of hydrogen-bond acceptors (Lipinski definition) is 2. The van der Waals surface area contributed by atoms with Gasteiger partial charge in [0.15, 0.2) is 11.6 Å². The van der Waals surface area contributed by atoms with E-state index in [0.29, 0.717) is 18.7 Å². The van der Waals surface area contributed by atoms with Crippen LogP contribution in [0.15, 0.2) is 18.2 Å². The van der Waals surface area contributed by atoms with Crippen LogP contribution in [0.4, 0.5) is 8.78 Å². The maximum atomic E-state index is 12.9. The Morgan fingerprint density at radius 2 is 2.06 bits per heavy atom. The number of ether oxygens (including phenoxy) is 1. The van der Waals surface area contributed by atoms with Gasteiger partial charge in [0.25, 0.3) is 0 Å². The highest BCUT2D eigenvalue weighted by atomic mass is 19.2. The van der Waals surface area contributed by atoms with Crippen LogP contribution in [0.3, 0.4) is 0 Å². The van der Waals surface area contributed by atoms with Crippen molar-refractivity contribution in [1.82, 2.24) is 5.32 Å². The lowest BCUT2D eigenvalue weighted by Gasteiger charge is -2.34. The lowest BCUT2D eigenvalue weighted by molar-refractivity contribution is 0.0170. The third kappa shape index (κ3) is 2.57. The summed E-state index contributed by atoms with van der Waals surface area (Å²) in [5.41, 5.74) is 0.764. The molecule has 1 aromatic rings. The van der Waals surface area contributed by atoms with E-state index < -0.39 is 11.6 Å². The van der Waals surface area contributed by atoms with Gasteiger partial charge in [-0.15, -0.1) is 0 Å². The average molecular weight is 227 g/mol. The van der Waals surface area contributed by atoms with Gasteiger partial charge in [-0.3, -0.25) is 0 Å². The van der Waals surface area contributed by atoms with Gasteiger partial charge >= 0.3 is 0 Å². The van der Waals surface area contributed by atoms with E-state index in [4.69, 9.17) is 4.74 Å². The minimum atomic E-state index is -0.799. The highest BCUT2D eigenvalue weighted by Gasteiger charge is 2.28. The molecule has 0 aromatic heterocycles. The molecule has 0 heterocycles. The van der Waals surface area contributed by atoms with E-state index in [-0.39, 0.29) is 0 Å². The van der Waals surface area contributed by atoms with E-state index in [1.54, 1.807) is 13.2 Å². The first-order valence-electron chi connectivity index (χ1n) is 5.39. The van der Waals surface area contributed by atoms with Gasteiger partial charge in [-0.05, 0) is 30.5 Å². The molecule has 0 bridgehead atoms. The Morgan fingerprint density at radius 3 is 2.69 bits per heavy atom. The van der Waals surface area contributed by atoms with Crippen molar-refractivity contribution in [2.24, 2.45) is 0 Å². The predicted molar refractivity (Wildman–Crippen MR) is 57.0 cm³/mol. The topological polar surface area (TPSA) is 21.3 Å². The summed E-state index contributed by atoms with van der Waals surface area (Å²) in [6.07, 6.45) is 2.32. The highest BCUT2D eigenvalue weighted by molar-refractivity contribution is 5.17. The largest absolute Gasteiger partial charge is 0.381 e. The summed E-state index contributed by atoms with van der Waals surface area (Å²) in [7, 11) is 1.70. The van der Waals surface area contributed by atoms with E-state index in [0.717, 1.165) is 24.5 Å². The smallest absolute Gasteiger partial charge is 0.159 e. The highest BCUT2D eigenvalue weighted by Crippen LogP contribution is 2.22. The summed E-state index contributed by atoms with van der Waals surface area (Å²) in [5, 5.41) is 3.28. The Bertz CT molecular complexity index is 364. The first-order chi connectivity index (χ1) is 7.69. The molecule has 0 spiro atoms. The van der Waals surface area contributed by atoms with Gasteiger partial charge in [0, 0.05) is 19.7 Å². The molecule has 4 heteroatoms. The second-order valence-corrected chi connectivity index (χ2v) is 4.16. The van der Waals surface area contributed by atoms with E-state index in [2.05, 4.69) is 5.32 Å². The van der Waals surface area contributed by atoms with Crippen molar-refractivity contribution in [2.45, 2.75) is 31.5 Å². The van der Waals surface area contributed by atoms with Crippen LogP contribution in [0.1, 0.15) is 18.4 Å². The van der Waals surface area contributed by atoms with Gasteiger partial charge < -0.3 is 10.1 Å². The number of rotatable bonds is 4. The minimum absolute atomic E-state index is 0.349. The quantitative estimate of drug-likeness (QED) is 0.851. The van der Waals surface area contributed by atoms with E-state index >= 15 is 0 Å². The Hall–Kier alpha value is -1.00. The van der Waals surface area contributed by atoms with Crippen LogP contribution in [-0.2, 0) is 11.3 Å². The Kier molecular flexibility index (Phi) is 3.51. The van der Waals surface area contributed by atoms with E-state index in [1.807, 2.05) is 0 Å². The van der Waals surface area contributed by atoms with Gasteiger partial charge in [-0.1, -0.05) is 6.07 Å². The van der Waals surface area contributed by atoms with Crippen molar-refractivity contribution >= 4 is 0 Å². The Balaban J connectivity index is 1.80. The molecule has 0 amide bonds. The fraction of sp³-hybridized carbons (Fsp3) is 0.500. The molecular weight excluding hydrogens is 212 g/mol. The van der Waals surface area contributed by atoms with Gasteiger partial charge in [0.1, 0.15) is 0 Å². The van der Waals surface area contributed by atoms with Crippen LogP contribution in [0, 0.1) is 11.6 Å². The summed E-state index contributed by atoms with van der Waals surface area (Å²) in [6.45, 7) is 0.568. The van der Waals surface area contributed by atoms with Crippen molar-refractivity contribution in [1.29, 1.82) is 0 Å².